The lowest BCUT2D eigenvalue weighted by Crippen LogP contribution is -2.04. The van der Waals surface area contributed by atoms with Crippen LogP contribution in [0.4, 0.5) is 0 Å². The first-order chi connectivity index (χ1) is 7.12. The van der Waals surface area contributed by atoms with Crippen molar-refractivity contribution in [2.75, 3.05) is 0 Å². The summed E-state index contributed by atoms with van der Waals surface area (Å²) >= 11 is 0. The Balaban J connectivity index is 1.85. The lowest BCUT2D eigenvalue weighted by molar-refractivity contribution is 0.398. The van der Waals surface area contributed by atoms with Gasteiger partial charge in [0.1, 0.15) is 0 Å². The summed E-state index contributed by atoms with van der Waals surface area (Å²) in [5, 5.41) is 0. The molecule has 2 atom stereocenters. The number of benzene rings is 1. The van der Waals surface area contributed by atoms with Gasteiger partial charge in [-0.05, 0) is 42.1 Å². The number of rotatable bonds is 4. The summed E-state index contributed by atoms with van der Waals surface area (Å²) in [5.74, 6) is 1.84. The molecule has 1 aliphatic carbocycles. The highest BCUT2D eigenvalue weighted by atomic mass is 14.5. The summed E-state index contributed by atoms with van der Waals surface area (Å²) in [6, 6.07) is 10.9. The maximum atomic E-state index is 2.46. The molecule has 0 saturated heterocycles. The molecule has 0 heteroatoms. The van der Waals surface area contributed by atoms with Gasteiger partial charge in [0.05, 0.1) is 0 Å². The van der Waals surface area contributed by atoms with Crippen molar-refractivity contribution >= 4 is 0 Å². The van der Waals surface area contributed by atoms with Gasteiger partial charge in [0.2, 0.25) is 0 Å². The Bertz CT molecular complexity index is 312. The molecule has 1 fully saturated rings. The topological polar surface area (TPSA) is 0 Å². The van der Waals surface area contributed by atoms with Crippen molar-refractivity contribution in [3.05, 3.63) is 35.9 Å². The zero-order valence-corrected chi connectivity index (χ0v) is 10.2. The molecule has 0 aromatic heterocycles. The average Bonchev–Trinajstić information content (AvgIpc) is 2.91. The predicted molar refractivity (Wildman–Crippen MR) is 65.8 cm³/mol. The van der Waals surface area contributed by atoms with Crippen LogP contribution in [0.3, 0.4) is 0 Å². The molecule has 0 heterocycles. The molecule has 1 unspecified atom stereocenters. The Morgan fingerprint density at radius 2 is 1.93 bits per heavy atom. The van der Waals surface area contributed by atoms with Gasteiger partial charge in [-0.25, -0.2) is 0 Å². The second-order valence-electron chi connectivity index (χ2n) is 5.69. The Hall–Kier alpha value is -0.780. The van der Waals surface area contributed by atoms with Gasteiger partial charge in [-0.1, -0.05) is 51.1 Å². The molecule has 1 aromatic rings. The number of aryl methyl sites for hydroxylation is 1. The fraction of sp³-hybridized carbons (Fsp3) is 0.600. The van der Waals surface area contributed by atoms with Crippen molar-refractivity contribution in [1.29, 1.82) is 0 Å². The molecule has 0 bridgehead atoms. The largest absolute Gasteiger partial charge is 0.0625 e. The van der Waals surface area contributed by atoms with E-state index in [1.165, 1.54) is 24.8 Å². The smallest absolute Gasteiger partial charge is 0.0274 e. The van der Waals surface area contributed by atoms with Crippen LogP contribution < -0.4 is 0 Å². The van der Waals surface area contributed by atoms with E-state index in [-0.39, 0.29) is 0 Å². The Morgan fingerprint density at radius 3 is 2.47 bits per heavy atom. The van der Waals surface area contributed by atoms with E-state index < -0.39 is 0 Å². The summed E-state index contributed by atoms with van der Waals surface area (Å²) in [6.45, 7) is 7.18. The zero-order valence-electron chi connectivity index (χ0n) is 10.2. The van der Waals surface area contributed by atoms with E-state index in [1.807, 2.05) is 0 Å². The van der Waals surface area contributed by atoms with Crippen molar-refractivity contribution < 1.29 is 0 Å². The monoisotopic (exact) mass is 202 g/mol. The minimum atomic E-state index is 0.643. The van der Waals surface area contributed by atoms with E-state index in [0.717, 1.165) is 11.8 Å². The second-order valence-corrected chi connectivity index (χ2v) is 5.69. The van der Waals surface area contributed by atoms with Gasteiger partial charge in [-0.2, -0.15) is 0 Å². The molecule has 0 nitrogen and oxygen atoms in total. The molecule has 1 aromatic carbocycles. The average molecular weight is 202 g/mol. The van der Waals surface area contributed by atoms with Gasteiger partial charge in [-0.3, -0.25) is 0 Å². The molecule has 0 amide bonds. The lowest BCUT2D eigenvalue weighted by Gasteiger charge is -2.13. The molecule has 0 aliphatic heterocycles. The van der Waals surface area contributed by atoms with Crippen molar-refractivity contribution in [3.63, 3.8) is 0 Å². The van der Waals surface area contributed by atoms with Crippen LogP contribution in [0.15, 0.2) is 30.3 Å². The predicted octanol–water partition coefficient (Wildman–Crippen LogP) is 4.30. The van der Waals surface area contributed by atoms with E-state index in [0.29, 0.717) is 5.41 Å². The fourth-order valence-corrected chi connectivity index (χ4v) is 2.85. The maximum absolute atomic E-state index is 2.46. The summed E-state index contributed by atoms with van der Waals surface area (Å²) in [6.07, 6.45) is 4.05. The SMILES string of the molecule is CC(C)C1C[C@@]1(C)CCc1ccccc1. The van der Waals surface area contributed by atoms with Crippen LogP contribution in [0.2, 0.25) is 0 Å². The van der Waals surface area contributed by atoms with E-state index in [2.05, 4.69) is 51.1 Å². The standard InChI is InChI=1S/C15H22/c1-12(2)14-11-15(14,3)10-9-13-7-5-4-6-8-13/h4-8,12,14H,9-11H2,1-3H3/t14?,15-/m1/s1. The molecular formula is C15H22. The van der Waals surface area contributed by atoms with Crippen LogP contribution >= 0.6 is 0 Å². The quantitative estimate of drug-likeness (QED) is 0.683. The third kappa shape index (κ3) is 2.42. The summed E-state index contributed by atoms with van der Waals surface area (Å²) in [5.41, 5.74) is 2.14. The molecule has 0 spiro atoms. The molecule has 15 heavy (non-hydrogen) atoms. The fourth-order valence-electron chi connectivity index (χ4n) is 2.85. The first-order valence-electron chi connectivity index (χ1n) is 6.16. The van der Waals surface area contributed by atoms with Gasteiger partial charge in [0.15, 0.2) is 0 Å². The lowest BCUT2D eigenvalue weighted by atomic mass is 9.92. The molecule has 2 rings (SSSR count). The highest BCUT2D eigenvalue weighted by Crippen LogP contribution is 2.58. The number of hydrogen-bond donors (Lipinski definition) is 0. The second kappa shape index (κ2) is 4.00. The van der Waals surface area contributed by atoms with Gasteiger partial charge in [0, 0.05) is 0 Å². The van der Waals surface area contributed by atoms with Gasteiger partial charge < -0.3 is 0 Å². The molecule has 0 N–H and O–H groups in total. The third-order valence-corrected chi connectivity index (χ3v) is 4.05. The van der Waals surface area contributed by atoms with Crippen molar-refractivity contribution in [2.45, 2.75) is 40.0 Å². The van der Waals surface area contributed by atoms with Crippen LogP contribution in [0.1, 0.15) is 39.2 Å². The van der Waals surface area contributed by atoms with E-state index in [4.69, 9.17) is 0 Å². The molecular weight excluding hydrogens is 180 g/mol. The van der Waals surface area contributed by atoms with Gasteiger partial charge in [0.25, 0.3) is 0 Å². The number of hydrogen-bond acceptors (Lipinski definition) is 0. The van der Waals surface area contributed by atoms with E-state index >= 15 is 0 Å². The van der Waals surface area contributed by atoms with Gasteiger partial charge >= 0.3 is 0 Å². The minimum absolute atomic E-state index is 0.643. The Kier molecular flexibility index (Phi) is 2.86. The Morgan fingerprint density at radius 1 is 1.27 bits per heavy atom. The van der Waals surface area contributed by atoms with Gasteiger partial charge in [-0.15, -0.1) is 0 Å². The van der Waals surface area contributed by atoms with Crippen LogP contribution in [0, 0.1) is 17.3 Å². The van der Waals surface area contributed by atoms with E-state index in [9.17, 15) is 0 Å². The van der Waals surface area contributed by atoms with Crippen LogP contribution in [-0.4, -0.2) is 0 Å². The molecule has 82 valence electrons. The zero-order chi connectivity index (χ0) is 10.9. The van der Waals surface area contributed by atoms with Crippen molar-refractivity contribution in [2.24, 2.45) is 17.3 Å². The van der Waals surface area contributed by atoms with Crippen LogP contribution in [0.5, 0.6) is 0 Å². The summed E-state index contributed by atoms with van der Waals surface area (Å²) in [7, 11) is 0. The summed E-state index contributed by atoms with van der Waals surface area (Å²) in [4.78, 5) is 0. The first kappa shape index (κ1) is 10.7. The Labute approximate surface area is 93.7 Å². The van der Waals surface area contributed by atoms with Crippen molar-refractivity contribution in [1.82, 2.24) is 0 Å². The highest BCUT2D eigenvalue weighted by Gasteiger charge is 2.50. The van der Waals surface area contributed by atoms with Crippen LogP contribution in [-0.2, 0) is 6.42 Å². The first-order valence-corrected chi connectivity index (χ1v) is 6.16. The van der Waals surface area contributed by atoms with E-state index in [1.54, 1.807) is 0 Å². The highest BCUT2D eigenvalue weighted by molar-refractivity contribution is 5.16. The third-order valence-electron chi connectivity index (χ3n) is 4.05. The molecule has 0 radical (unpaired) electrons. The minimum Gasteiger partial charge on any atom is -0.0625 e. The van der Waals surface area contributed by atoms with Crippen LogP contribution in [0.25, 0.3) is 0 Å². The summed E-state index contributed by atoms with van der Waals surface area (Å²) < 4.78 is 0. The molecule has 1 saturated carbocycles. The molecule has 1 aliphatic rings. The van der Waals surface area contributed by atoms with Crippen molar-refractivity contribution in [3.8, 4) is 0 Å². The maximum Gasteiger partial charge on any atom is -0.0274 e. The normalized spacial score (nSPS) is 29.5.